The molecule has 0 aliphatic carbocycles. The van der Waals surface area contributed by atoms with Crippen LogP contribution in [0.25, 0.3) is 0 Å². The summed E-state index contributed by atoms with van der Waals surface area (Å²) < 4.78 is 53.9. The van der Waals surface area contributed by atoms with E-state index in [0.29, 0.717) is 10.6 Å². The Kier molecular flexibility index (Phi) is 8.68. The molecule has 11 heteroatoms. The largest absolute Gasteiger partial charge is 0.351 e. The first-order chi connectivity index (χ1) is 16.5. The third-order valence-corrected chi connectivity index (χ3v) is 8.76. The molecule has 3 aromatic rings. The SMILES string of the molecule is CN(C)S(=O)(=O)c1ccc(CNC(=O)[C@H](Cc2ccccc2)NS(=O)(=O)c2ccc(Cl)cc2)cc1. The van der Waals surface area contributed by atoms with Gasteiger partial charge in [0.2, 0.25) is 26.0 Å². The zero-order chi connectivity index (χ0) is 25.6. The van der Waals surface area contributed by atoms with Gasteiger partial charge in [-0.1, -0.05) is 54.1 Å². The fourth-order valence-electron chi connectivity index (χ4n) is 3.21. The van der Waals surface area contributed by atoms with Gasteiger partial charge in [0, 0.05) is 25.7 Å². The minimum Gasteiger partial charge on any atom is -0.351 e. The average Bonchev–Trinajstić information content (AvgIpc) is 2.83. The third-order valence-electron chi connectivity index (χ3n) is 5.19. The molecule has 3 rings (SSSR count). The van der Waals surface area contributed by atoms with Gasteiger partial charge in [-0.25, -0.2) is 21.1 Å². The molecule has 2 N–H and O–H groups in total. The van der Waals surface area contributed by atoms with Crippen molar-refractivity contribution in [2.45, 2.75) is 28.8 Å². The highest BCUT2D eigenvalue weighted by atomic mass is 35.5. The van der Waals surface area contributed by atoms with Crippen LogP contribution in [0.1, 0.15) is 11.1 Å². The lowest BCUT2D eigenvalue weighted by Crippen LogP contribution is -2.47. The zero-order valence-electron chi connectivity index (χ0n) is 19.2. The molecule has 0 saturated heterocycles. The maximum absolute atomic E-state index is 13.0. The van der Waals surface area contributed by atoms with Crippen LogP contribution in [0.3, 0.4) is 0 Å². The van der Waals surface area contributed by atoms with Crippen LogP contribution < -0.4 is 10.0 Å². The summed E-state index contributed by atoms with van der Waals surface area (Å²) in [5.41, 5.74) is 1.44. The van der Waals surface area contributed by atoms with Gasteiger partial charge in [0.15, 0.2) is 0 Å². The van der Waals surface area contributed by atoms with Crippen molar-refractivity contribution in [2.24, 2.45) is 0 Å². The van der Waals surface area contributed by atoms with Crippen molar-refractivity contribution >= 4 is 37.6 Å². The molecule has 1 amide bonds. The summed E-state index contributed by atoms with van der Waals surface area (Å²) in [4.78, 5) is 13.2. The van der Waals surface area contributed by atoms with Gasteiger partial charge in [0.1, 0.15) is 6.04 Å². The summed E-state index contributed by atoms with van der Waals surface area (Å²) in [7, 11) is -4.66. The van der Waals surface area contributed by atoms with E-state index < -0.39 is 32.0 Å². The number of carbonyl (C=O) groups is 1. The van der Waals surface area contributed by atoms with Crippen molar-refractivity contribution in [1.29, 1.82) is 0 Å². The second kappa shape index (κ2) is 11.3. The molecule has 0 heterocycles. The van der Waals surface area contributed by atoms with Gasteiger partial charge < -0.3 is 5.32 Å². The molecule has 0 saturated carbocycles. The maximum atomic E-state index is 13.0. The maximum Gasteiger partial charge on any atom is 0.242 e. The highest BCUT2D eigenvalue weighted by Crippen LogP contribution is 2.16. The van der Waals surface area contributed by atoms with E-state index in [9.17, 15) is 21.6 Å². The summed E-state index contributed by atoms with van der Waals surface area (Å²) in [5.74, 6) is -0.517. The van der Waals surface area contributed by atoms with Crippen LogP contribution in [0.4, 0.5) is 0 Å². The topological polar surface area (TPSA) is 113 Å². The van der Waals surface area contributed by atoms with Crippen LogP contribution in [-0.2, 0) is 37.8 Å². The average molecular weight is 536 g/mol. The van der Waals surface area contributed by atoms with Crippen LogP contribution in [-0.4, -0.2) is 47.2 Å². The fraction of sp³-hybridized carbons (Fsp3) is 0.208. The van der Waals surface area contributed by atoms with Crippen molar-refractivity contribution in [3.8, 4) is 0 Å². The van der Waals surface area contributed by atoms with Crippen LogP contribution in [0, 0.1) is 0 Å². The van der Waals surface area contributed by atoms with E-state index in [1.165, 1.54) is 50.5 Å². The summed E-state index contributed by atoms with van der Waals surface area (Å²) >= 11 is 5.86. The monoisotopic (exact) mass is 535 g/mol. The van der Waals surface area contributed by atoms with E-state index >= 15 is 0 Å². The Bertz CT molecular complexity index is 1360. The van der Waals surface area contributed by atoms with E-state index in [1.54, 1.807) is 36.4 Å². The van der Waals surface area contributed by atoms with Gasteiger partial charge >= 0.3 is 0 Å². The van der Waals surface area contributed by atoms with Gasteiger partial charge in [0.05, 0.1) is 9.79 Å². The highest BCUT2D eigenvalue weighted by Gasteiger charge is 2.26. The summed E-state index contributed by atoms with van der Waals surface area (Å²) in [6.45, 7) is 0.0923. The summed E-state index contributed by atoms with van der Waals surface area (Å²) in [6, 6.07) is 19.7. The molecule has 0 fully saturated rings. The van der Waals surface area contributed by atoms with Crippen LogP contribution in [0.5, 0.6) is 0 Å². The predicted octanol–water partition coefficient (Wildman–Crippen LogP) is 2.80. The number of nitrogens with one attached hydrogen (secondary N) is 2. The van der Waals surface area contributed by atoms with E-state index in [-0.39, 0.29) is 22.8 Å². The Morgan fingerprint density at radius 1 is 0.829 bits per heavy atom. The summed E-state index contributed by atoms with van der Waals surface area (Å²) in [5, 5.41) is 3.13. The molecular formula is C24H26ClN3O5S2. The lowest BCUT2D eigenvalue weighted by atomic mass is 10.1. The van der Waals surface area contributed by atoms with Gasteiger partial charge in [0.25, 0.3) is 0 Å². The lowest BCUT2D eigenvalue weighted by molar-refractivity contribution is -0.122. The number of halogens is 1. The Balaban J connectivity index is 1.76. The van der Waals surface area contributed by atoms with Gasteiger partial charge in [-0.15, -0.1) is 0 Å². The number of nitrogens with zero attached hydrogens (tertiary/aromatic N) is 1. The molecule has 8 nitrogen and oxygen atoms in total. The van der Waals surface area contributed by atoms with Crippen LogP contribution in [0.15, 0.2) is 88.7 Å². The Labute approximate surface area is 211 Å². The van der Waals surface area contributed by atoms with E-state index in [0.717, 1.165) is 9.87 Å². The smallest absolute Gasteiger partial charge is 0.242 e. The third kappa shape index (κ3) is 7.12. The number of rotatable bonds is 10. The molecule has 1 atom stereocenters. The minimum absolute atomic E-state index is 0.00884. The molecule has 0 radical (unpaired) electrons. The standard InChI is InChI=1S/C24H26ClN3O5S2/c1-28(2)35(32,33)22-12-8-19(9-13-22)17-26-24(29)23(16-18-6-4-3-5-7-18)27-34(30,31)21-14-10-20(25)11-15-21/h3-15,23,27H,16-17H2,1-2H3,(H,26,29)/t23-/m0/s1. The first-order valence-electron chi connectivity index (χ1n) is 10.6. The Hall–Kier alpha value is -2.76. The molecule has 0 aliphatic heterocycles. The highest BCUT2D eigenvalue weighted by molar-refractivity contribution is 7.89. The van der Waals surface area contributed by atoms with Crippen LogP contribution >= 0.6 is 11.6 Å². The molecule has 0 aliphatic rings. The number of hydrogen-bond donors (Lipinski definition) is 2. The molecule has 0 bridgehead atoms. The van der Waals surface area contributed by atoms with Crippen molar-refractivity contribution in [2.75, 3.05) is 14.1 Å². The molecule has 35 heavy (non-hydrogen) atoms. The molecular weight excluding hydrogens is 510 g/mol. The molecule has 186 valence electrons. The number of amides is 1. The minimum atomic E-state index is -4.00. The Morgan fingerprint density at radius 3 is 1.97 bits per heavy atom. The van der Waals surface area contributed by atoms with Crippen molar-refractivity contribution < 1.29 is 21.6 Å². The Morgan fingerprint density at radius 2 is 1.40 bits per heavy atom. The van der Waals surface area contributed by atoms with E-state index in [1.807, 2.05) is 6.07 Å². The number of hydrogen-bond acceptors (Lipinski definition) is 5. The predicted molar refractivity (Wildman–Crippen MR) is 135 cm³/mol. The molecule has 0 spiro atoms. The second-order valence-corrected chi connectivity index (χ2v) is 12.3. The number of benzene rings is 3. The molecule has 0 unspecified atom stereocenters. The normalized spacial score (nSPS) is 12.9. The van der Waals surface area contributed by atoms with Crippen molar-refractivity contribution in [3.63, 3.8) is 0 Å². The first-order valence-corrected chi connectivity index (χ1v) is 13.9. The number of carbonyl (C=O) groups excluding carboxylic acids is 1. The first kappa shape index (κ1) is 26.8. The van der Waals surface area contributed by atoms with Gasteiger partial charge in [-0.05, 0) is 53.9 Å². The van der Waals surface area contributed by atoms with E-state index in [4.69, 9.17) is 11.6 Å². The fourth-order valence-corrected chi connectivity index (χ4v) is 5.43. The van der Waals surface area contributed by atoms with Crippen molar-refractivity contribution in [1.82, 2.24) is 14.3 Å². The summed E-state index contributed by atoms with van der Waals surface area (Å²) in [6.07, 6.45) is 0.138. The zero-order valence-corrected chi connectivity index (χ0v) is 21.6. The second-order valence-electron chi connectivity index (χ2n) is 7.97. The number of sulfonamides is 2. The quantitative estimate of drug-likeness (QED) is 0.414. The lowest BCUT2D eigenvalue weighted by Gasteiger charge is -2.19. The van der Waals surface area contributed by atoms with Gasteiger partial charge in [-0.2, -0.15) is 4.72 Å². The van der Waals surface area contributed by atoms with Crippen molar-refractivity contribution in [3.05, 3.63) is 95.0 Å². The van der Waals surface area contributed by atoms with Gasteiger partial charge in [-0.3, -0.25) is 4.79 Å². The molecule has 3 aromatic carbocycles. The van der Waals surface area contributed by atoms with Crippen LogP contribution in [0.2, 0.25) is 5.02 Å². The van der Waals surface area contributed by atoms with E-state index in [2.05, 4.69) is 10.0 Å². The molecule has 0 aromatic heterocycles.